The van der Waals surface area contributed by atoms with Crippen LogP contribution < -0.4 is 5.73 Å². The molecule has 1 heterocycles. The van der Waals surface area contributed by atoms with E-state index in [9.17, 15) is 0 Å². The lowest BCUT2D eigenvalue weighted by Crippen LogP contribution is -2.24. The lowest BCUT2D eigenvalue weighted by atomic mass is 9.78. The highest BCUT2D eigenvalue weighted by atomic mass is 14.9. The Morgan fingerprint density at radius 2 is 2.31 bits per heavy atom. The molecule has 1 aliphatic carbocycles. The Morgan fingerprint density at radius 1 is 1.54 bits per heavy atom. The van der Waals surface area contributed by atoms with Gasteiger partial charge in [-0.2, -0.15) is 0 Å². The van der Waals surface area contributed by atoms with Crippen molar-refractivity contribution in [3.8, 4) is 0 Å². The Labute approximate surface area is 79.7 Å². The van der Waals surface area contributed by atoms with E-state index in [-0.39, 0.29) is 0 Å². The fourth-order valence-electron chi connectivity index (χ4n) is 2.45. The first-order chi connectivity index (χ1) is 6.22. The van der Waals surface area contributed by atoms with Crippen LogP contribution in [0.1, 0.15) is 30.4 Å². The molecule has 0 bridgehead atoms. The zero-order valence-corrected chi connectivity index (χ0v) is 8.46. The first kappa shape index (κ1) is 8.82. The summed E-state index contributed by atoms with van der Waals surface area (Å²) < 4.78 is 2.16. The molecule has 0 spiro atoms. The first-order valence-electron chi connectivity index (χ1n) is 5.07. The SMILES string of the molecule is CC1CCc2cn(C)cc2C1CN. The van der Waals surface area contributed by atoms with Gasteiger partial charge in [-0.05, 0) is 36.4 Å². The average molecular weight is 178 g/mol. The van der Waals surface area contributed by atoms with Gasteiger partial charge in [-0.25, -0.2) is 0 Å². The van der Waals surface area contributed by atoms with Gasteiger partial charge in [0.1, 0.15) is 0 Å². The maximum atomic E-state index is 5.81. The van der Waals surface area contributed by atoms with Gasteiger partial charge in [-0.3, -0.25) is 0 Å². The second-order valence-electron chi connectivity index (χ2n) is 4.26. The molecule has 2 unspecified atom stereocenters. The summed E-state index contributed by atoms with van der Waals surface area (Å²) in [5.74, 6) is 1.34. The number of nitrogens with two attached hydrogens (primary N) is 1. The maximum Gasteiger partial charge on any atom is 0.0106 e. The third kappa shape index (κ3) is 1.39. The summed E-state index contributed by atoms with van der Waals surface area (Å²) >= 11 is 0. The van der Waals surface area contributed by atoms with Gasteiger partial charge in [0.2, 0.25) is 0 Å². The number of hydrogen-bond acceptors (Lipinski definition) is 1. The number of nitrogens with zero attached hydrogens (tertiary/aromatic N) is 1. The third-order valence-corrected chi connectivity index (χ3v) is 3.28. The number of aromatic nitrogens is 1. The lowest BCUT2D eigenvalue weighted by Gasteiger charge is -2.27. The van der Waals surface area contributed by atoms with Crippen LogP contribution in [0.5, 0.6) is 0 Å². The van der Waals surface area contributed by atoms with E-state index >= 15 is 0 Å². The number of hydrogen-bond donors (Lipinski definition) is 1. The molecule has 0 radical (unpaired) electrons. The van der Waals surface area contributed by atoms with E-state index in [4.69, 9.17) is 5.73 Å². The van der Waals surface area contributed by atoms with Crippen molar-refractivity contribution in [3.05, 3.63) is 23.5 Å². The van der Waals surface area contributed by atoms with Crippen LogP contribution >= 0.6 is 0 Å². The van der Waals surface area contributed by atoms with Crippen molar-refractivity contribution in [2.45, 2.75) is 25.7 Å². The van der Waals surface area contributed by atoms with Crippen molar-refractivity contribution in [2.24, 2.45) is 18.7 Å². The van der Waals surface area contributed by atoms with Gasteiger partial charge in [0, 0.05) is 25.4 Å². The van der Waals surface area contributed by atoms with E-state index in [0.29, 0.717) is 5.92 Å². The monoisotopic (exact) mass is 178 g/mol. The van der Waals surface area contributed by atoms with Crippen LogP contribution in [-0.2, 0) is 13.5 Å². The van der Waals surface area contributed by atoms with Gasteiger partial charge < -0.3 is 10.3 Å². The summed E-state index contributed by atoms with van der Waals surface area (Å²) in [7, 11) is 2.09. The molecule has 2 heteroatoms. The summed E-state index contributed by atoms with van der Waals surface area (Å²) in [6.45, 7) is 3.10. The predicted octanol–water partition coefficient (Wildman–Crippen LogP) is 1.65. The second-order valence-corrected chi connectivity index (χ2v) is 4.26. The highest BCUT2D eigenvalue weighted by Crippen LogP contribution is 2.35. The van der Waals surface area contributed by atoms with Crippen molar-refractivity contribution in [3.63, 3.8) is 0 Å². The van der Waals surface area contributed by atoms with Crippen LogP contribution in [0.3, 0.4) is 0 Å². The predicted molar refractivity (Wildman–Crippen MR) is 54.7 cm³/mol. The summed E-state index contributed by atoms with van der Waals surface area (Å²) in [5, 5.41) is 0. The molecular weight excluding hydrogens is 160 g/mol. The molecule has 2 rings (SSSR count). The van der Waals surface area contributed by atoms with Crippen LogP contribution in [0.25, 0.3) is 0 Å². The quantitative estimate of drug-likeness (QED) is 0.696. The fourth-order valence-corrected chi connectivity index (χ4v) is 2.45. The summed E-state index contributed by atoms with van der Waals surface area (Å²) in [5.41, 5.74) is 8.81. The van der Waals surface area contributed by atoms with Crippen LogP contribution in [0, 0.1) is 5.92 Å². The Balaban J connectivity index is 2.38. The van der Waals surface area contributed by atoms with Crippen molar-refractivity contribution >= 4 is 0 Å². The number of aryl methyl sites for hydroxylation is 2. The molecule has 13 heavy (non-hydrogen) atoms. The molecule has 2 N–H and O–H groups in total. The minimum Gasteiger partial charge on any atom is -0.357 e. The van der Waals surface area contributed by atoms with Gasteiger partial charge in [0.25, 0.3) is 0 Å². The van der Waals surface area contributed by atoms with Crippen LogP contribution in [0.15, 0.2) is 12.4 Å². The molecule has 0 saturated carbocycles. The van der Waals surface area contributed by atoms with Crippen LogP contribution in [-0.4, -0.2) is 11.1 Å². The van der Waals surface area contributed by atoms with Gasteiger partial charge in [-0.15, -0.1) is 0 Å². The standard InChI is InChI=1S/C11H18N2/c1-8-3-4-9-6-13(2)7-11(9)10(8)5-12/h6-8,10H,3-5,12H2,1-2H3. The van der Waals surface area contributed by atoms with E-state index in [1.165, 1.54) is 24.0 Å². The molecule has 0 aromatic carbocycles. The molecule has 0 amide bonds. The number of fused-ring (bicyclic) bond motifs is 1. The second kappa shape index (κ2) is 3.18. The third-order valence-electron chi connectivity index (χ3n) is 3.28. The molecule has 72 valence electrons. The number of rotatable bonds is 1. The molecule has 1 aromatic rings. The van der Waals surface area contributed by atoms with Gasteiger partial charge in [-0.1, -0.05) is 6.92 Å². The summed E-state index contributed by atoms with van der Waals surface area (Å²) in [4.78, 5) is 0. The molecular formula is C11H18N2. The highest BCUT2D eigenvalue weighted by molar-refractivity contribution is 5.31. The molecule has 1 aromatic heterocycles. The van der Waals surface area contributed by atoms with Crippen LogP contribution in [0.2, 0.25) is 0 Å². The van der Waals surface area contributed by atoms with Crippen molar-refractivity contribution < 1.29 is 0 Å². The van der Waals surface area contributed by atoms with E-state index in [2.05, 4.69) is 30.9 Å². The molecule has 1 aliphatic rings. The van der Waals surface area contributed by atoms with Crippen LogP contribution in [0.4, 0.5) is 0 Å². The minimum absolute atomic E-state index is 0.588. The lowest BCUT2D eigenvalue weighted by molar-refractivity contribution is 0.410. The van der Waals surface area contributed by atoms with E-state index in [1.54, 1.807) is 0 Å². The minimum atomic E-state index is 0.588. The highest BCUT2D eigenvalue weighted by Gasteiger charge is 2.26. The molecule has 2 nitrogen and oxygen atoms in total. The van der Waals surface area contributed by atoms with Gasteiger partial charge in [0.05, 0.1) is 0 Å². The van der Waals surface area contributed by atoms with E-state index in [1.807, 2.05) is 0 Å². The fraction of sp³-hybridized carbons (Fsp3) is 0.636. The Morgan fingerprint density at radius 3 is 3.00 bits per heavy atom. The molecule has 0 saturated heterocycles. The molecule has 2 atom stereocenters. The first-order valence-corrected chi connectivity index (χ1v) is 5.07. The van der Waals surface area contributed by atoms with Crippen molar-refractivity contribution in [1.29, 1.82) is 0 Å². The topological polar surface area (TPSA) is 30.9 Å². The normalized spacial score (nSPS) is 27.3. The summed E-state index contributed by atoms with van der Waals surface area (Å²) in [6, 6.07) is 0. The van der Waals surface area contributed by atoms with E-state index < -0.39 is 0 Å². The van der Waals surface area contributed by atoms with Gasteiger partial charge >= 0.3 is 0 Å². The van der Waals surface area contributed by atoms with Gasteiger partial charge in [0.15, 0.2) is 0 Å². The Bertz CT molecular complexity index is 301. The van der Waals surface area contributed by atoms with Crippen molar-refractivity contribution in [2.75, 3.05) is 6.54 Å². The molecule has 0 aliphatic heterocycles. The maximum absolute atomic E-state index is 5.81. The van der Waals surface area contributed by atoms with E-state index in [0.717, 1.165) is 12.5 Å². The largest absolute Gasteiger partial charge is 0.357 e. The zero-order chi connectivity index (χ0) is 9.42. The Kier molecular flexibility index (Phi) is 2.16. The molecule has 0 fully saturated rings. The van der Waals surface area contributed by atoms with Crippen molar-refractivity contribution in [1.82, 2.24) is 4.57 Å². The smallest absolute Gasteiger partial charge is 0.0106 e. The average Bonchev–Trinajstić information content (AvgIpc) is 2.45. The summed E-state index contributed by atoms with van der Waals surface area (Å²) in [6.07, 6.45) is 7.00. The zero-order valence-electron chi connectivity index (χ0n) is 8.46. The Hall–Kier alpha value is -0.760.